The third kappa shape index (κ3) is 9.30. The number of benzene rings is 2. The predicted molar refractivity (Wildman–Crippen MR) is 157 cm³/mol. The summed E-state index contributed by atoms with van der Waals surface area (Å²) in [5.74, 6) is -1.76. The average molecular weight is 637 g/mol. The highest BCUT2D eigenvalue weighted by molar-refractivity contribution is 14.1. The number of hydrogen-bond donors (Lipinski definition) is 3. The molecule has 0 heterocycles. The van der Waals surface area contributed by atoms with E-state index < -0.39 is 17.9 Å². The maximum absolute atomic E-state index is 13.7. The summed E-state index contributed by atoms with van der Waals surface area (Å²) in [6.45, 7) is 4.44. The number of rotatable bonds is 13. The lowest BCUT2D eigenvalue weighted by atomic mass is 9.94. The Bertz CT molecular complexity index is 1110. The number of carbonyl (C=O) groups is 3. The lowest BCUT2D eigenvalue weighted by molar-refractivity contribution is -0.137. The van der Waals surface area contributed by atoms with Crippen molar-refractivity contribution in [1.82, 2.24) is 10.2 Å². The number of carboxylic acids is 1. The van der Waals surface area contributed by atoms with E-state index in [9.17, 15) is 14.4 Å². The highest BCUT2D eigenvalue weighted by Crippen LogP contribution is 2.26. The van der Waals surface area contributed by atoms with Crippen LogP contribution in [0, 0.1) is 3.57 Å². The number of ether oxygens (including phenoxy) is 1. The number of methoxy groups -OCH3 is 1. The van der Waals surface area contributed by atoms with Gasteiger partial charge in [-0.25, -0.2) is 4.79 Å². The highest BCUT2D eigenvalue weighted by Gasteiger charge is 2.29. The molecule has 0 spiro atoms. The minimum atomic E-state index is -0.964. The second-order valence-electron chi connectivity index (χ2n) is 8.83. The van der Waals surface area contributed by atoms with E-state index in [1.807, 2.05) is 48.5 Å². The molecular formula is C28H37IN4O5. The summed E-state index contributed by atoms with van der Waals surface area (Å²) in [4.78, 5) is 43.4. The number of carbonyl (C=O) groups excluding carboxylic acids is 2. The number of nitrogens with zero attached hydrogens (tertiary/aromatic N) is 2. The molecule has 0 bridgehead atoms. The van der Waals surface area contributed by atoms with Crippen LogP contribution in [0.2, 0.25) is 0 Å². The molecule has 0 radical (unpaired) electrons. The van der Waals surface area contributed by atoms with E-state index in [-0.39, 0.29) is 43.7 Å². The fourth-order valence-corrected chi connectivity index (χ4v) is 4.63. The molecule has 10 heteroatoms. The number of anilines is 1. The zero-order chi connectivity index (χ0) is 28.1. The number of likely N-dealkylation sites (N-methyl/N-ethyl adjacent to an activating group) is 1. The van der Waals surface area contributed by atoms with Crippen molar-refractivity contribution in [3.63, 3.8) is 0 Å². The number of aliphatic carboxylic acids is 1. The summed E-state index contributed by atoms with van der Waals surface area (Å²) >= 11 is 2.20. The van der Waals surface area contributed by atoms with Crippen LogP contribution < -0.4 is 11.1 Å². The quantitative estimate of drug-likeness (QED) is 0.123. The molecule has 2 unspecified atom stereocenters. The summed E-state index contributed by atoms with van der Waals surface area (Å²) in [7, 11) is 1.42. The van der Waals surface area contributed by atoms with E-state index in [0.717, 1.165) is 22.0 Å². The van der Waals surface area contributed by atoms with Crippen LogP contribution in [-0.4, -0.2) is 60.6 Å². The first-order valence-corrected chi connectivity index (χ1v) is 13.8. The maximum atomic E-state index is 13.7. The first-order valence-electron chi connectivity index (χ1n) is 12.7. The minimum absolute atomic E-state index is 0.0255. The van der Waals surface area contributed by atoms with Gasteiger partial charge in [-0.3, -0.25) is 19.5 Å². The van der Waals surface area contributed by atoms with Gasteiger partial charge in [-0.15, -0.1) is 0 Å². The number of amides is 3. The molecule has 0 saturated carbocycles. The number of imide groups is 1. The third-order valence-electron chi connectivity index (χ3n) is 6.20. The topological polar surface area (TPSA) is 134 Å². The Kier molecular flexibility index (Phi) is 13.0. The predicted octanol–water partition coefficient (Wildman–Crippen LogP) is 5.01. The van der Waals surface area contributed by atoms with E-state index in [4.69, 9.17) is 15.6 Å². The fraction of sp³-hybridized carbons (Fsp3) is 0.429. The van der Waals surface area contributed by atoms with Gasteiger partial charge < -0.3 is 20.9 Å². The molecule has 4 N–H and O–H groups in total. The van der Waals surface area contributed by atoms with Crippen molar-refractivity contribution in [3.05, 3.63) is 63.2 Å². The SMILES string of the molecule is CCCC(CNC(=O)N(CC)C(=O)C(CN=C(CCC(=O)O)OC)c1ccccc1)c1ccc(N)c(I)c1. The van der Waals surface area contributed by atoms with Crippen molar-refractivity contribution < 1.29 is 24.2 Å². The Labute approximate surface area is 238 Å². The Morgan fingerprint density at radius 1 is 1.11 bits per heavy atom. The molecule has 0 aliphatic heterocycles. The first-order chi connectivity index (χ1) is 18.2. The third-order valence-corrected chi connectivity index (χ3v) is 7.13. The van der Waals surface area contributed by atoms with Crippen LogP contribution in [0.4, 0.5) is 10.5 Å². The van der Waals surface area contributed by atoms with E-state index in [2.05, 4.69) is 39.8 Å². The largest absolute Gasteiger partial charge is 0.484 e. The second kappa shape index (κ2) is 16.0. The molecule has 0 aliphatic carbocycles. The van der Waals surface area contributed by atoms with E-state index in [0.29, 0.717) is 17.8 Å². The van der Waals surface area contributed by atoms with Gasteiger partial charge in [-0.2, -0.15) is 0 Å². The van der Waals surface area contributed by atoms with E-state index in [1.165, 1.54) is 12.0 Å². The molecule has 2 aromatic rings. The second-order valence-corrected chi connectivity index (χ2v) is 9.99. The van der Waals surface area contributed by atoms with Crippen molar-refractivity contribution in [1.29, 1.82) is 0 Å². The molecule has 2 aromatic carbocycles. The van der Waals surface area contributed by atoms with Crippen molar-refractivity contribution in [2.45, 2.75) is 51.4 Å². The number of halogens is 1. The van der Waals surface area contributed by atoms with Crippen molar-refractivity contribution in [2.24, 2.45) is 4.99 Å². The van der Waals surface area contributed by atoms with Crippen molar-refractivity contribution in [3.8, 4) is 0 Å². The zero-order valence-corrected chi connectivity index (χ0v) is 24.3. The summed E-state index contributed by atoms with van der Waals surface area (Å²) in [6, 6.07) is 14.5. The van der Waals surface area contributed by atoms with Gasteiger partial charge in [-0.1, -0.05) is 49.7 Å². The summed E-state index contributed by atoms with van der Waals surface area (Å²) in [5, 5.41) is 11.9. The molecule has 0 aromatic heterocycles. The van der Waals surface area contributed by atoms with Gasteiger partial charge in [0, 0.05) is 34.7 Å². The molecular weight excluding hydrogens is 599 g/mol. The van der Waals surface area contributed by atoms with Gasteiger partial charge in [0.05, 0.1) is 26.0 Å². The van der Waals surface area contributed by atoms with Gasteiger partial charge in [-0.05, 0) is 59.2 Å². The molecule has 2 atom stereocenters. The number of hydrogen-bond acceptors (Lipinski definition) is 6. The molecule has 2 rings (SSSR count). The summed E-state index contributed by atoms with van der Waals surface area (Å²) in [5.41, 5.74) is 8.48. The number of nitrogen functional groups attached to an aromatic ring is 1. The first kappa shape index (κ1) is 31.1. The summed E-state index contributed by atoms with van der Waals surface area (Å²) < 4.78 is 6.18. The number of nitrogens with two attached hydrogens (primary N) is 1. The average Bonchev–Trinajstić information content (AvgIpc) is 2.91. The number of aliphatic imine (C=N–C) groups is 1. The van der Waals surface area contributed by atoms with Crippen LogP contribution in [0.1, 0.15) is 62.5 Å². The van der Waals surface area contributed by atoms with Crippen LogP contribution >= 0.6 is 22.6 Å². The molecule has 0 fully saturated rings. The van der Waals surface area contributed by atoms with Gasteiger partial charge in [0.2, 0.25) is 5.91 Å². The number of urea groups is 1. The van der Waals surface area contributed by atoms with Gasteiger partial charge in [0.1, 0.15) is 0 Å². The van der Waals surface area contributed by atoms with Gasteiger partial charge in [0.15, 0.2) is 5.90 Å². The van der Waals surface area contributed by atoms with Crippen LogP contribution in [0.15, 0.2) is 53.5 Å². The van der Waals surface area contributed by atoms with Crippen molar-refractivity contribution in [2.75, 3.05) is 32.5 Å². The normalized spacial score (nSPS) is 12.9. The molecule has 0 saturated heterocycles. The Morgan fingerprint density at radius 3 is 2.39 bits per heavy atom. The Balaban J connectivity index is 2.21. The number of carboxylic acid groups (broad SMARTS) is 1. The van der Waals surface area contributed by atoms with Gasteiger partial charge in [0.25, 0.3) is 0 Å². The van der Waals surface area contributed by atoms with E-state index >= 15 is 0 Å². The van der Waals surface area contributed by atoms with Crippen LogP contribution in [0.25, 0.3) is 0 Å². The van der Waals surface area contributed by atoms with Crippen molar-refractivity contribution >= 4 is 52.1 Å². The molecule has 0 aliphatic rings. The van der Waals surface area contributed by atoms with Crippen LogP contribution in [0.5, 0.6) is 0 Å². The molecule has 9 nitrogen and oxygen atoms in total. The smallest absolute Gasteiger partial charge is 0.324 e. The molecule has 206 valence electrons. The molecule has 38 heavy (non-hydrogen) atoms. The minimum Gasteiger partial charge on any atom is -0.484 e. The lowest BCUT2D eigenvalue weighted by Crippen LogP contribution is -2.47. The standard InChI is InChI=1S/C28H37IN4O5/c1-4-9-21(20-12-13-24(30)23(29)16-20)17-32-28(37)33(5-2)27(36)22(19-10-7-6-8-11-19)18-31-25(38-3)14-15-26(34)35/h6-8,10-13,16,21-22H,4-5,9,14-15,17-18,30H2,1-3H3,(H,32,37)(H,34,35). The summed E-state index contributed by atoms with van der Waals surface area (Å²) in [6.07, 6.45) is 1.79. The monoisotopic (exact) mass is 636 g/mol. The molecule has 3 amide bonds. The zero-order valence-electron chi connectivity index (χ0n) is 22.2. The van der Waals surface area contributed by atoms with Gasteiger partial charge >= 0.3 is 12.0 Å². The van der Waals surface area contributed by atoms with Crippen LogP contribution in [0.3, 0.4) is 0 Å². The lowest BCUT2D eigenvalue weighted by Gasteiger charge is -2.26. The number of nitrogens with one attached hydrogen (secondary N) is 1. The van der Waals surface area contributed by atoms with Crippen LogP contribution in [-0.2, 0) is 14.3 Å². The Hall–Kier alpha value is -3.15. The van der Waals surface area contributed by atoms with E-state index in [1.54, 1.807) is 6.92 Å². The fourth-order valence-electron chi connectivity index (χ4n) is 4.09. The Morgan fingerprint density at radius 2 is 1.82 bits per heavy atom. The maximum Gasteiger partial charge on any atom is 0.324 e. The highest BCUT2D eigenvalue weighted by atomic mass is 127.